The summed E-state index contributed by atoms with van der Waals surface area (Å²) in [5, 5.41) is 8.23. The van der Waals surface area contributed by atoms with Gasteiger partial charge in [0.05, 0.1) is 23.1 Å². The third-order valence-corrected chi connectivity index (χ3v) is 8.38. The largest absolute Gasteiger partial charge is 0.365 e. The Morgan fingerprint density at radius 3 is 2.63 bits per heavy atom. The first-order valence-electron chi connectivity index (χ1n) is 12.9. The second kappa shape index (κ2) is 9.70. The fraction of sp³-hybridized carbons (Fsp3) is 0.538. The van der Waals surface area contributed by atoms with Crippen molar-refractivity contribution in [2.24, 2.45) is 7.05 Å². The van der Waals surface area contributed by atoms with Gasteiger partial charge in [-0.15, -0.1) is 0 Å². The molecule has 184 valence electrons. The van der Waals surface area contributed by atoms with Crippen LogP contribution in [0.5, 0.6) is 0 Å². The number of hydrogen-bond donors (Lipinski definition) is 1. The van der Waals surface area contributed by atoms with Crippen molar-refractivity contribution >= 4 is 28.4 Å². The zero-order chi connectivity index (χ0) is 23.8. The van der Waals surface area contributed by atoms with Gasteiger partial charge in [0.25, 0.3) is 0 Å². The van der Waals surface area contributed by atoms with E-state index in [4.69, 9.17) is 9.97 Å². The molecule has 35 heavy (non-hydrogen) atoms. The molecule has 1 N–H and O–H groups in total. The van der Waals surface area contributed by atoms with Gasteiger partial charge in [-0.25, -0.2) is 9.97 Å². The van der Waals surface area contributed by atoms with Crippen LogP contribution < -0.4 is 5.32 Å². The highest BCUT2D eigenvalue weighted by molar-refractivity contribution is 7.05. The molecule has 0 amide bonds. The number of nitrogens with zero attached hydrogens (tertiary/aromatic N) is 7. The van der Waals surface area contributed by atoms with E-state index in [1.54, 1.807) is 0 Å². The van der Waals surface area contributed by atoms with E-state index < -0.39 is 0 Å². The molecule has 2 aliphatic rings. The van der Waals surface area contributed by atoms with E-state index in [-0.39, 0.29) is 0 Å². The maximum atomic E-state index is 5.07. The number of aryl methyl sites for hydroxylation is 2. The van der Waals surface area contributed by atoms with Gasteiger partial charge in [-0.05, 0) is 82.2 Å². The lowest BCUT2D eigenvalue weighted by molar-refractivity contribution is 0.127. The van der Waals surface area contributed by atoms with E-state index in [0.29, 0.717) is 12.5 Å². The predicted octanol–water partition coefficient (Wildman–Crippen LogP) is 4.72. The van der Waals surface area contributed by atoms with Gasteiger partial charge in [-0.1, -0.05) is 6.42 Å². The average Bonchev–Trinajstić information content (AvgIpc) is 3.60. The molecule has 0 unspecified atom stereocenters. The summed E-state index contributed by atoms with van der Waals surface area (Å²) in [6.45, 7) is 4.61. The molecule has 2 fully saturated rings. The number of hydrogen-bond acceptors (Lipinski definition) is 7. The molecule has 1 aliphatic heterocycles. The summed E-state index contributed by atoms with van der Waals surface area (Å²) >= 11 is 1.54. The Morgan fingerprint density at radius 1 is 1.09 bits per heavy atom. The van der Waals surface area contributed by atoms with Crippen LogP contribution in [0.2, 0.25) is 0 Å². The number of piperidine rings is 1. The van der Waals surface area contributed by atoms with Crippen molar-refractivity contribution in [3.8, 4) is 5.69 Å². The lowest BCUT2D eigenvalue weighted by Gasteiger charge is -2.39. The molecule has 1 saturated carbocycles. The minimum Gasteiger partial charge on any atom is -0.365 e. The van der Waals surface area contributed by atoms with Crippen LogP contribution >= 0.6 is 11.5 Å². The molecule has 8 nitrogen and oxygen atoms in total. The monoisotopic (exact) mass is 490 g/mol. The normalized spacial score (nSPS) is 21.5. The average molecular weight is 491 g/mol. The van der Waals surface area contributed by atoms with Crippen molar-refractivity contribution in [3.63, 3.8) is 0 Å². The van der Waals surface area contributed by atoms with Crippen molar-refractivity contribution in [1.29, 1.82) is 0 Å². The first kappa shape index (κ1) is 22.7. The van der Waals surface area contributed by atoms with Gasteiger partial charge in [-0.2, -0.15) is 9.47 Å². The lowest BCUT2D eigenvalue weighted by atomic mass is 9.89. The molecule has 0 bridgehead atoms. The van der Waals surface area contributed by atoms with Gasteiger partial charge >= 0.3 is 0 Å². The fourth-order valence-corrected chi connectivity index (χ4v) is 6.47. The number of nitrogens with one attached hydrogen (secondary N) is 1. The third kappa shape index (κ3) is 4.84. The molecule has 1 saturated heterocycles. The summed E-state index contributed by atoms with van der Waals surface area (Å²) < 4.78 is 8.42. The van der Waals surface area contributed by atoms with Crippen LogP contribution in [0.1, 0.15) is 61.3 Å². The third-order valence-electron chi connectivity index (χ3n) is 7.50. The van der Waals surface area contributed by atoms with E-state index in [0.717, 1.165) is 40.1 Å². The fourth-order valence-electron chi connectivity index (χ4n) is 5.74. The number of likely N-dealkylation sites (tertiary alicyclic amines) is 1. The van der Waals surface area contributed by atoms with Crippen LogP contribution in [0, 0.1) is 6.92 Å². The van der Waals surface area contributed by atoms with Crippen LogP contribution in [0.3, 0.4) is 0 Å². The number of aromatic nitrogens is 6. The zero-order valence-electron chi connectivity index (χ0n) is 20.7. The second-order valence-electron chi connectivity index (χ2n) is 10.1. The summed E-state index contributed by atoms with van der Waals surface area (Å²) in [7, 11) is 1.95. The predicted molar refractivity (Wildman–Crippen MR) is 140 cm³/mol. The summed E-state index contributed by atoms with van der Waals surface area (Å²) in [5.74, 6) is 1.77. The van der Waals surface area contributed by atoms with Gasteiger partial charge in [0, 0.05) is 42.8 Å². The number of rotatable bonds is 6. The minimum absolute atomic E-state index is 0.435. The Labute approximate surface area is 210 Å². The molecule has 0 atom stereocenters. The molecule has 4 aromatic rings. The Hall–Kier alpha value is -2.78. The Morgan fingerprint density at radius 2 is 1.91 bits per heavy atom. The van der Waals surface area contributed by atoms with Crippen molar-refractivity contribution in [1.82, 2.24) is 33.6 Å². The lowest BCUT2D eigenvalue weighted by Crippen LogP contribution is -2.43. The van der Waals surface area contributed by atoms with Crippen LogP contribution in [0.4, 0.5) is 5.82 Å². The van der Waals surface area contributed by atoms with Crippen LogP contribution in [-0.2, 0) is 13.5 Å². The molecule has 0 spiro atoms. The molecule has 0 radical (unpaired) electrons. The van der Waals surface area contributed by atoms with Gasteiger partial charge in [-0.3, -0.25) is 4.68 Å². The minimum atomic E-state index is 0.435. The summed E-state index contributed by atoms with van der Waals surface area (Å²) in [6, 6.07) is 5.41. The topological polar surface area (TPSA) is 76.7 Å². The maximum absolute atomic E-state index is 5.07. The van der Waals surface area contributed by atoms with E-state index in [1.807, 2.05) is 31.0 Å². The standard InChI is InChI=1S/C26H34N8S/c1-18-14-22(35-31-18)15-24-29-23-10-13-34(21-16-27-32(2)17-21)25(23)26(30-24)28-19-6-8-20(9-7-19)33-11-4-3-5-12-33/h10,13-14,16-17,19-20H,3-9,11-12,15H2,1-2H3,(H,28,29,30). The molecule has 1 aliphatic carbocycles. The van der Waals surface area contributed by atoms with Gasteiger partial charge in [0.2, 0.25) is 0 Å². The zero-order valence-corrected chi connectivity index (χ0v) is 21.5. The van der Waals surface area contributed by atoms with E-state index in [2.05, 4.69) is 42.6 Å². The highest BCUT2D eigenvalue weighted by Crippen LogP contribution is 2.31. The van der Waals surface area contributed by atoms with Crippen LogP contribution in [0.15, 0.2) is 30.7 Å². The molecule has 5 heterocycles. The summed E-state index contributed by atoms with van der Waals surface area (Å²) in [6.07, 6.45) is 15.7. The Kier molecular flexibility index (Phi) is 6.28. The van der Waals surface area contributed by atoms with E-state index in [1.165, 1.54) is 74.4 Å². The SMILES string of the molecule is Cc1cc(Cc2nc(NC3CCC(N4CCCCC4)CC3)c3c(ccn3-c3cnn(C)c3)n2)sn1. The van der Waals surface area contributed by atoms with Crippen molar-refractivity contribution in [2.45, 2.75) is 70.4 Å². The number of fused-ring (bicyclic) bond motifs is 1. The van der Waals surface area contributed by atoms with Crippen molar-refractivity contribution in [2.75, 3.05) is 18.4 Å². The quantitative estimate of drug-likeness (QED) is 0.422. The van der Waals surface area contributed by atoms with Crippen LogP contribution in [-0.4, -0.2) is 58.8 Å². The number of anilines is 1. The molecular formula is C26H34N8S. The van der Waals surface area contributed by atoms with Gasteiger partial charge in [0.1, 0.15) is 11.3 Å². The molecular weight excluding hydrogens is 456 g/mol. The summed E-state index contributed by atoms with van der Waals surface area (Å²) in [5.41, 5.74) is 4.07. The Bertz CT molecular complexity index is 1290. The van der Waals surface area contributed by atoms with Crippen LogP contribution in [0.25, 0.3) is 16.7 Å². The first-order chi connectivity index (χ1) is 17.1. The summed E-state index contributed by atoms with van der Waals surface area (Å²) in [4.78, 5) is 13.9. The molecule has 9 heteroatoms. The molecule has 4 aromatic heterocycles. The maximum Gasteiger partial charge on any atom is 0.154 e. The Balaban J connectivity index is 1.28. The van der Waals surface area contributed by atoms with E-state index in [9.17, 15) is 0 Å². The van der Waals surface area contributed by atoms with E-state index >= 15 is 0 Å². The molecule has 6 rings (SSSR count). The first-order valence-corrected chi connectivity index (χ1v) is 13.7. The van der Waals surface area contributed by atoms with Crippen molar-refractivity contribution < 1.29 is 0 Å². The van der Waals surface area contributed by atoms with Gasteiger partial charge in [0.15, 0.2) is 5.82 Å². The highest BCUT2D eigenvalue weighted by atomic mass is 32.1. The smallest absolute Gasteiger partial charge is 0.154 e. The highest BCUT2D eigenvalue weighted by Gasteiger charge is 2.27. The molecule has 0 aromatic carbocycles. The second-order valence-corrected chi connectivity index (χ2v) is 11.0. The van der Waals surface area contributed by atoms with Crippen molar-refractivity contribution in [3.05, 3.63) is 47.1 Å². The van der Waals surface area contributed by atoms with Gasteiger partial charge < -0.3 is 14.8 Å².